The van der Waals surface area contributed by atoms with Crippen LogP contribution in [0, 0.1) is 17.3 Å². The molecule has 0 spiro atoms. The summed E-state index contributed by atoms with van der Waals surface area (Å²) in [5.74, 6) is -1.04. The number of para-hydroxylation sites is 1. The van der Waals surface area contributed by atoms with E-state index in [9.17, 15) is 14.4 Å². The molecule has 0 radical (unpaired) electrons. The van der Waals surface area contributed by atoms with Crippen molar-refractivity contribution in [2.24, 2.45) is 17.3 Å². The van der Waals surface area contributed by atoms with Crippen LogP contribution >= 0.6 is 0 Å². The molecule has 1 N–H and O–H groups in total. The second kappa shape index (κ2) is 9.73. The Morgan fingerprint density at radius 1 is 1.19 bits per heavy atom. The molecule has 1 aromatic rings. The Morgan fingerprint density at radius 3 is 2.49 bits per heavy atom. The molecule has 5 atom stereocenters. The van der Waals surface area contributed by atoms with Crippen LogP contribution in [0.3, 0.4) is 0 Å². The minimum absolute atomic E-state index is 0.0782. The molecule has 4 aliphatic rings. The lowest BCUT2D eigenvalue weighted by Crippen LogP contribution is -2.65. The molecule has 3 saturated carbocycles. The van der Waals surface area contributed by atoms with Crippen molar-refractivity contribution < 1.29 is 33.2 Å². The third-order valence-electron chi connectivity index (χ3n) is 8.55. The van der Waals surface area contributed by atoms with Gasteiger partial charge in [0.1, 0.15) is 16.9 Å². The van der Waals surface area contributed by atoms with Crippen molar-refractivity contribution in [3.63, 3.8) is 0 Å². The Morgan fingerprint density at radius 2 is 1.89 bits per heavy atom. The molecule has 0 aromatic heterocycles. The van der Waals surface area contributed by atoms with Gasteiger partial charge in [-0.25, -0.2) is 4.79 Å². The molecule has 3 aliphatic carbocycles. The van der Waals surface area contributed by atoms with Crippen LogP contribution in [-0.2, 0) is 30.1 Å². The highest BCUT2D eigenvalue weighted by molar-refractivity contribution is 6.49. The molecular weight excluding hydrogens is 473 g/mol. The largest absolute Gasteiger partial charge is 0.496 e. The molecule has 1 heterocycles. The van der Waals surface area contributed by atoms with Crippen molar-refractivity contribution in [2.75, 3.05) is 7.11 Å². The van der Waals surface area contributed by atoms with E-state index in [0.717, 1.165) is 12.8 Å². The van der Waals surface area contributed by atoms with Crippen LogP contribution in [0.15, 0.2) is 18.2 Å². The zero-order valence-corrected chi connectivity index (χ0v) is 23.3. The van der Waals surface area contributed by atoms with Crippen molar-refractivity contribution in [3.05, 3.63) is 29.3 Å². The molecule has 1 amide bonds. The molecule has 4 fully saturated rings. The van der Waals surface area contributed by atoms with Crippen molar-refractivity contribution in [1.82, 2.24) is 5.32 Å². The lowest BCUT2D eigenvalue weighted by Gasteiger charge is -2.64. The first-order chi connectivity index (χ1) is 17.2. The van der Waals surface area contributed by atoms with Gasteiger partial charge in [0.05, 0.1) is 24.8 Å². The number of ketones is 1. The zero-order chi connectivity index (χ0) is 27.3. The van der Waals surface area contributed by atoms with E-state index >= 15 is 0 Å². The first-order valence-electron chi connectivity index (χ1n) is 13.3. The number of esters is 1. The minimum atomic E-state index is -0.742. The van der Waals surface area contributed by atoms with E-state index in [1.165, 1.54) is 7.11 Å². The monoisotopic (exact) mass is 513 g/mol. The van der Waals surface area contributed by atoms with Crippen LogP contribution in [0.25, 0.3) is 0 Å². The van der Waals surface area contributed by atoms with Gasteiger partial charge in [-0.15, -0.1) is 0 Å². The van der Waals surface area contributed by atoms with Crippen LogP contribution in [0.2, 0.25) is 0 Å². The van der Waals surface area contributed by atoms with E-state index in [1.807, 2.05) is 6.07 Å². The predicted molar refractivity (Wildman–Crippen MR) is 139 cm³/mol. The summed E-state index contributed by atoms with van der Waals surface area (Å²) in [5, 5.41) is 2.86. The summed E-state index contributed by atoms with van der Waals surface area (Å²) in [6.07, 6.45) is 2.27. The fourth-order valence-electron chi connectivity index (χ4n) is 6.41. The van der Waals surface area contributed by atoms with Crippen LogP contribution in [0.4, 0.5) is 0 Å². The molecule has 1 aliphatic heterocycles. The lowest BCUT2D eigenvalue weighted by atomic mass is 9.43. The molecule has 9 heteroatoms. The smallest absolute Gasteiger partial charge is 0.482 e. The van der Waals surface area contributed by atoms with E-state index in [2.05, 4.69) is 26.1 Å². The maximum atomic E-state index is 12.9. The summed E-state index contributed by atoms with van der Waals surface area (Å²) in [4.78, 5) is 37.8. The molecule has 5 rings (SSSR count). The van der Waals surface area contributed by atoms with E-state index < -0.39 is 41.9 Å². The number of rotatable bonds is 8. The molecule has 8 nitrogen and oxygen atoms in total. The normalized spacial score (nSPS) is 28.5. The van der Waals surface area contributed by atoms with Crippen LogP contribution in [0.5, 0.6) is 5.75 Å². The number of amides is 1. The second-order valence-electron chi connectivity index (χ2n) is 12.4. The number of Topliss-reactive ketones (excluding diaryl/α,β-unsaturated/α-hetero) is 1. The Hall–Kier alpha value is -2.39. The van der Waals surface area contributed by atoms with Gasteiger partial charge in [0.2, 0.25) is 5.78 Å². The van der Waals surface area contributed by atoms with Crippen molar-refractivity contribution >= 4 is 24.8 Å². The number of methoxy groups -OCH3 is 1. The predicted octanol–water partition coefficient (Wildman–Crippen LogP) is 3.92. The Labute approximate surface area is 220 Å². The number of hydrogen-bond acceptors (Lipinski definition) is 7. The van der Waals surface area contributed by atoms with Crippen LogP contribution < -0.4 is 10.1 Å². The Balaban J connectivity index is 1.63. The number of benzene rings is 1. The van der Waals surface area contributed by atoms with Gasteiger partial charge in [-0.2, -0.15) is 0 Å². The number of carbonyl (C=O) groups is 3. The summed E-state index contributed by atoms with van der Waals surface area (Å²) in [7, 11) is 0.752. The Kier molecular flexibility index (Phi) is 7.27. The van der Waals surface area contributed by atoms with Crippen molar-refractivity contribution in [1.29, 1.82) is 0 Å². The average Bonchev–Trinajstić information content (AvgIpc) is 3.18. The SMILES string of the molecule is CCC(=O)C(=O)NC(Cc1cccc(C(=O)OC(C)(C)C)c1OC)B1OC2CC3CC(C3(C)C)C2(C)O1. The fraction of sp³-hybridized carbons (Fsp3) is 0.679. The highest BCUT2D eigenvalue weighted by atomic mass is 16.7. The van der Waals surface area contributed by atoms with Crippen molar-refractivity contribution in [3.8, 4) is 5.75 Å². The molecule has 1 saturated heterocycles. The molecular formula is C28H40BNO7. The van der Waals surface area contributed by atoms with Crippen LogP contribution in [0.1, 0.15) is 83.7 Å². The topological polar surface area (TPSA) is 100 Å². The molecule has 2 bridgehead atoms. The minimum Gasteiger partial charge on any atom is -0.496 e. The standard InChI is InChI=1S/C28H40BNO7/c1-9-19(31)24(32)30-22(29-36-21-15-17-14-20(27(17,5)6)28(21,7)37-29)13-16-11-10-12-18(23(16)34-8)25(33)35-26(2,3)4/h10-12,17,20-22H,9,13-15H2,1-8H3,(H,30,32). The summed E-state index contributed by atoms with van der Waals surface area (Å²) in [5.41, 5.74) is 0.00746. The first-order valence-corrected chi connectivity index (χ1v) is 13.3. The molecule has 202 valence electrons. The Bertz CT molecular complexity index is 1080. The number of ether oxygens (including phenoxy) is 2. The van der Waals surface area contributed by atoms with E-state index in [0.29, 0.717) is 28.7 Å². The third-order valence-corrected chi connectivity index (χ3v) is 8.55. The summed E-state index contributed by atoms with van der Waals surface area (Å²) in [6.45, 7) is 13.7. The quantitative estimate of drug-likeness (QED) is 0.320. The van der Waals surface area contributed by atoms with E-state index in [4.69, 9.17) is 18.8 Å². The number of hydrogen-bond donors (Lipinski definition) is 1. The molecule has 1 aromatic carbocycles. The average molecular weight is 513 g/mol. The maximum Gasteiger partial charge on any atom is 0.482 e. The van der Waals surface area contributed by atoms with Crippen LogP contribution in [-0.4, -0.2) is 55.1 Å². The van der Waals surface area contributed by atoms with Gasteiger partial charge < -0.3 is 24.1 Å². The molecule has 5 unspecified atom stereocenters. The van der Waals surface area contributed by atoms with Gasteiger partial charge in [-0.05, 0) is 75.8 Å². The molecule has 37 heavy (non-hydrogen) atoms. The third kappa shape index (κ3) is 5.04. The second-order valence-corrected chi connectivity index (χ2v) is 12.4. The van der Waals surface area contributed by atoms with E-state index in [-0.39, 0.29) is 24.4 Å². The van der Waals surface area contributed by atoms with Gasteiger partial charge in [0.25, 0.3) is 5.91 Å². The maximum absolute atomic E-state index is 12.9. The number of nitrogens with one attached hydrogen (secondary N) is 1. The lowest BCUT2D eigenvalue weighted by molar-refractivity contribution is -0.199. The van der Waals surface area contributed by atoms with Gasteiger partial charge >= 0.3 is 13.1 Å². The summed E-state index contributed by atoms with van der Waals surface area (Å²) in [6, 6.07) is 5.23. The van der Waals surface area contributed by atoms with Crippen molar-refractivity contribution in [2.45, 2.75) is 97.4 Å². The van der Waals surface area contributed by atoms with Gasteiger partial charge in [0.15, 0.2) is 0 Å². The summed E-state index contributed by atoms with van der Waals surface area (Å²) >= 11 is 0. The fourth-order valence-corrected chi connectivity index (χ4v) is 6.41. The van der Waals surface area contributed by atoms with E-state index in [1.54, 1.807) is 39.8 Å². The van der Waals surface area contributed by atoms with Gasteiger partial charge in [-0.3, -0.25) is 9.59 Å². The van der Waals surface area contributed by atoms with Gasteiger partial charge in [0, 0.05) is 6.42 Å². The summed E-state index contributed by atoms with van der Waals surface area (Å²) < 4.78 is 24.3. The highest BCUT2D eigenvalue weighted by Crippen LogP contribution is 2.65. The highest BCUT2D eigenvalue weighted by Gasteiger charge is 2.68. The van der Waals surface area contributed by atoms with Gasteiger partial charge in [-0.1, -0.05) is 32.9 Å². The first kappa shape index (κ1) is 27.6. The zero-order valence-electron chi connectivity index (χ0n) is 23.3. The number of carbonyl (C=O) groups excluding carboxylic acids is 3.